The Bertz CT molecular complexity index is 585. The number of hydrogen-bond acceptors (Lipinski definition) is 4. The highest BCUT2D eigenvalue weighted by Gasteiger charge is 2.36. The molecule has 0 saturated carbocycles. The lowest BCUT2D eigenvalue weighted by Gasteiger charge is -2.39. The van der Waals surface area contributed by atoms with Crippen LogP contribution in [0.25, 0.3) is 0 Å². The van der Waals surface area contributed by atoms with Crippen molar-refractivity contribution in [3.05, 3.63) is 35.9 Å². The molecule has 1 amide bonds. The summed E-state index contributed by atoms with van der Waals surface area (Å²) in [6.45, 7) is 8.09. The Morgan fingerprint density at radius 2 is 1.58 bits per heavy atom. The zero-order valence-corrected chi connectivity index (χ0v) is 15.9. The molecule has 3 saturated heterocycles. The van der Waals surface area contributed by atoms with Crippen molar-refractivity contribution in [2.45, 2.75) is 18.9 Å². The maximum atomic E-state index is 13.6. The summed E-state index contributed by atoms with van der Waals surface area (Å²) in [6.07, 6.45) is 2.29. The number of likely N-dealkylation sites (N-methyl/N-ethyl adjacent to an activating group) is 1. The molecule has 5 heteroatoms. The zero-order chi connectivity index (χ0) is 17.9. The topological polar surface area (TPSA) is 38.8 Å². The third kappa shape index (κ3) is 3.80. The predicted octanol–water partition coefficient (Wildman–Crippen LogP) is 1.43. The van der Waals surface area contributed by atoms with Gasteiger partial charge in [-0.3, -0.25) is 9.69 Å². The highest BCUT2D eigenvalue weighted by atomic mass is 16.2. The second-order valence-corrected chi connectivity index (χ2v) is 8.23. The van der Waals surface area contributed by atoms with E-state index in [4.69, 9.17) is 0 Å². The standard InChI is InChI=1S/C21H32N4O/c1-23-11-13-24(14-12-23)20(17-5-3-2-4-6-17)21(26)25-9-7-18-15-22-16-19(18)8-10-25/h2-6,18-20,22H,7-16H2,1H3/t18-,19+,20?. The van der Waals surface area contributed by atoms with Gasteiger partial charge in [0.25, 0.3) is 0 Å². The van der Waals surface area contributed by atoms with E-state index >= 15 is 0 Å². The number of rotatable bonds is 3. The van der Waals surface area contributed by atoms with Gasteiger partial charge >= 0.3 is 0 Å². The SMILES string of the molecule is CN1CCN(C(C(=O)N2CC[C@@H]3CNC[C@@H]3CC2)c2ccccc2)CC1. The molecule has 1 N–H and O–H groups in total. The van der Waals surface area contributed by atoms with Gasteiger partial charge in [0.2, 0.25) is 5.91 Å². The molecule has 0 aromatic heterocycles. The lowest BCUT2D eigenvalue weighted by Crippen LogP contribution is -2.50. The Kier molecular flexibility index (Phi) is 5.57. The molecule has 5 nitrogen and oxygen atoms in total. The molecule has 1 aromatic carbocycles. The first-order valence-electron chi connectivity index (χ1n) is 10.2. The smallest absolute Gasteiger partial charge is 0.244 e. The van der Waals surface area contributed by atoms with Gasteiger partial charge in [0, 0.05) is 39.3 Å². The minimum atomic E-state index is -0.124. The molecule has 3 atom stereocenters. The number of benzene rings is 1. The van der Waals surface area contributed by atoms with Crippen LogP contribution in [0.2, 0.25) is 0 Å². The van der Waals surface area contributed by atoms with Crippen LogP contribution >= 0.6 is 0 Å². The highest BCUT2D eigenvalue weighted by molar-refractivity contribution is 5.83. The van der Waals surface area contributed by atoms with Gasteiger partial charge in [-0.15, -0.1) is 0 Å². The van der Waals surface area contributed by atoms with Crippen molar-refractivity contribution < 1.29 is 4.79 Å². The van der Waals surface area contributed by atoms with Crippen LogP contribution in [-0.4, -0.2) is 80.0 Å². The second kappa shape index (κ2) is 8.07. The summed E-state index contributed by atoms with van der Waals surface area (Å²) in [5, 5.41) is 3.52. The molecule has 142 valence electrons. The molecular weight excluding hydrogens is 324 g/mol. The number of piperazine rings is 1. The van der Waals surface area contributed by atoms with Crippen LogP contribution < -0.4 is 5.32 Å². The average molecular weight is 357 g/mol. The Balaban J connectivity index is 1.52. The van der Waals surface area contributed by atoms with Crippen molar-refractivity contribution in [2.24, 2.45) is 11.8 Å². The second-order valence-electron chi connectivity index (χ2n) is 8.23. The number of fused-ring (bicyclic) bond motifs is 1. The van der Waals surface area contributed by atoms with Crippen LogP contribution in [0.15, 0.2) is 30.3 Å². The van der Waals surface area contributed by atoms with E-state index in [1.165, 1.54) is 0 Å². The summed E-state index contributed by atoms with van der Waals surface area (Å²) < 4.78 is 0. The van der Waals surface area contributed by atoms with Crippen molar-refractivity contribution in [1.82, 2.24) is 20.0 Å². The highest BCUT2D eigenvalue weighted by Crippen LogP contribution is 2.30. The molecule has 3 aliphatic rings. The van der Waals surface area contributed by atoms with E-state index in [0.717, 1.165) is 82.6 Å². The minimum absolute atomic E-state index is 0.124. The Hall–Kier alpha value is -1.43. The number of hydrogen-bond donors (Lipinski definition) is 1. The Labute approximate surface area is 157 Å². The Morgan fingerprint density at radius 1 is 0.962 bits per heavy atom. The van der Waals surface area contributed by atoms with Crippen LogP contribution in [0.5, 0.6) is 0 Å². The molecule has 3 fully saturated rings. The third-order valence-corrected chi connectivity index (χ3v) is 6.58. The number of nitrogens with one attached hydrogen (secondary N) is 1. The molecule has 0 spiro atoms. The zero-order valence-electron chi connectivity index (χ0n) is 15.9. The van der Waals surface area contributed by atoms with E-state index in [2.05, 4.69) is 51.3 Å². The minimum Gasteiger partial charge on any atom is -0.341 e. The molecule has 3 heterocycles. The van der Waals surface area contributed by atoms with E-state index < -0.39 is 0 Å². The van der Waals surface area contributed by atoms with Gasteiger partial charge in [0.15, 0.2) is 0 Å². The fourth-order valence-corrected chi connectivity index (χ4v) is 4.84. The Morgan fingerprint density at radius 3 is 2.19 bits per heavy atom. The van der Waals surface area contributed by atoms with E-state index in [1.807, 2.05) is 6.07 Å². The van der Waals surface area contributed by atoms with Crippen molar-refractivity contribution >= 4 is 5.91 Å². The van der Waals surface area contributed by atoms with Gasteiger partial charge in [-0.05, 0) is 50.4 Å². The molecule has 0 aliphatic carbocycles. The monoisotopic (exact) mass is 356 g/mol. The molecular formula is C21H32N4O. The van der Waals surface area contributed by atoms with Crippen molar-refractivity contribution in [1.29, 1.82) is 0 Å². The van der Waals surface area contributed by atoms with Crippen LogP contribution in [-0.2, 0) is 4.79 Å². The molecule has 0 bridgehead atoms. The van der Waals surface area contributed by atoms with E-state index in [9.17, 15) is 4.79 Å². The summed E-state index contributed by atoms with van der Waals surface area (Å²) in [5.74, 6) is 1.83. The predicted molar refractivity (Wildman–Crippen MR) is 104 cm³/mol. The molecule has 1 aromatic rings. The maximum absolute atomic E-state index is 13.6. The van der Waals surface area contributed by atoms with Gasteiger partial charge < -0.3 is 15.1 Å². The van der Waals surface area contributed by atoms with Crippen molar-refractivity contribution in [3.63, 3.8) is 0 Å². The van der Waals surface area contributed by atoms with Gasteiger partial charge in [-0.25, -0.2) is 0 Å². The number of carbonyl (C=O) groups excluding carboxylic acids is 1. The summed E-state index contributed by atoms with van der Waals surface area (Å²) in [6, 6.07) is 10.3. The van der Waals surface area contributed by atoms with Gasteiger partial charge in [-0.2, -0.15) is 0 Å². The lowest BCUT2D eigenvalue weighted by molar-refractivity contribution is -0.138. The van der Waals surface area contributed by atoms with Crippen LogP contribution in [0, 0.1) is 11.8 Å². The quantitative estimate of drug-likeness (QED) is 0.889. The van der Waals surface area contributed by atoms with E-state index in [0.29, 0.717) is 5.91 Å². The first kappa shape index (κ1) is 18.0. The third-order valence-electron chi connectivity index (χ3n) is 6.58. The molecule has 3 aliphatic heterocycles. The van der Waals surface area contributed by atoms with Crippen LogP contribution in [0.3, 0.4) is 0 Å². The van der Waals surface area contributed by atoms with Crippen molar-refractivity contribution in [3.8, 4) is 0 Å². The number of likely N-dealkylation sites (tertiary alicyclic amines) is 1. The van der Waals surface area contributed by atoms with Crippen LogP contribution in [0.4, 0.5) is 0 Å². The molecule has 1 unspecified atom stereocenters. The number of amides is 1. The summed E-state index contributed by atoms with van der Waals surface area (Å²) in [5.41, 5.74) is 1.15. The summed E-state index contributed by atoms with van der Waals surface area (Å²) >= 11 is 0. The summed E-state index contributed by atoms with van der Waals surface area (Å²) in [4.78, 5) is 20.5. The fraction of sp³-hybridized carbons (Fsp3) is 0.667. The van der Waals surface area contributed by atoms with Crippen molar-refractivity contribution in [2.75, 3.05) is 59.4 Å². The maximum Gasteiger partial charge on any atom is 0.244 e. The van der Waals surface area contributed by atoms with Crippen LogP contribution in [0.1, 0.15) is 24.4 Å². The van der Waals surface area contributed by atoms with Gasteiger partial charge in [-0.1, -0.05) is 30.3 Å². The average Bonchev–Trinajstić information content (AvgIpc) is 3.02. The van der Waals surface area contributed by atoms with Gasteiger partial charge in [0.1, 0.15) is 6.04 Å². The van der Waals surface area contributed by atoms with E-state index in [-0.39, 0.29) is 6.04 Å². The van der Waals surface area contributed by atoms with Gasteiger partial charge in [0.05, 0.1) is 0 Å². The first-order chi connectivity index (χ1) is 12.7. The number of nitrogens with zero attached hydrogens (tertiary/aromatic N) is 3. The molecule has 4 rings (SSSR count). The fourth-order valence-electron chi connectivity index (χ4n) is 4.84. The normalized spacial score (nSPS) is 29.2. The first-order valence-corrected chi connectivity index (χ1v) is 10.2. The molecule has 0 radical (unpaired) electrons. The number of carbonyl (C=O) groups is 1. The molecule has 26 heavy (non-hydrogen) atoms. The lowest BCUT2D eigenvalue weighted by atomic mass is 9.92. The largest absolute Gasteiger partial charge is 0.341 e. The summed E-state index contributed by atoms with van der Waals surface area (Å²) in [7, 11) is 2.16. The van der Waals surface area contributed by atoms with E-state index in [1.54, 1.807) is 0 Å².